The number of rotatable bonds is 2. The topological polar surface area (TPSA) is 35.0 Å². The third-order valence-electron chi connectivity index (χ3n) is 1.49. The maximum absolute atomic E-state index is 5.36. The van der Waals surface area contributed by atoms with E-state index in [4.69, 9.17) is 4.74 Å². The van der Waals surface area contributed by atoms with Crippen molar-refractivity contribution in [3.05, 3.63) is 48.8 Å². The highest BCUT2D eigenvalue weighted by molar-refractivity contribution is 5.23. The first kappa shape index (κ1) is 11.2. The third kappa shape index (κ3) is 3.77. The summed E-state index contributed by atoms with van der Waals surface area (Å²) >= 11 is 0. The molecule has 0 aliphatic heterocycles. The molecule has 2 rings (SSSR count). The van der Waals surface area contributed by atoms with Crippen molar-refractivity contribution in [2.45, 2.75) is 13.8 Å². The molecule has 15 heavy (non-hydrogen) atoms. The van der Waals surface area contributed by atoms with Crippen LogP contribution in [0.5, 0.6) is 11.8 Å². The molecule has 2 aromatic rings. The minimum Gasteiger partial charge on any atom is -0.424 e. The monoisotopic (exact) mass is 202 g/mol. The number of hydrogen-bond acceptors (Lipinski definition) is 3. The highest BCUT2D eigenvalue weighted by atomic mass is 16.5. The summed E-state index contributed by atoms with van der Waals surface area (Å²) in [5, 5.41) is 0. The Kier molecular flexibility index (Phi) is 4.87. The van der Waals surface area contributed by atoms with E-state index < -0.39 is 0 Å². The van der Waals surface area contributed by atoms with Gasteiger partial charge in [0.05, 0.1) is 0 Å². The van der Waals surface area contributed by atoms with E-state index in [9.17, 15) is 0 Å². The lowest BCUT2D eigenvalue weighted by molar-refractivity contribution is 0.442. The first-order valence-corrected chi connectivity index (χ1v) is 4.95. The largest absolute Gasteiger partial charge is 0.424 e. The quantitative estimate of drug-likeness (QED) is 0.749. The summed E-state index contributed by atoms with van der Waals surface area (Å²) in [5.41, 5.74) is 0. The normalized spacial score (nSPS) is 8.67. The van der Waals surface area contributed by atoms with Crippen molar-refractivity contribution in [3.63, 3.8) is 0 Å². The lowest BCUT2D eigenvalue weighted by Crippen LogP contribution is -1.89. The van der Waals surface area contributed by atoms with Crippen molar-refractivity contribution in [3.8, 4) is 11.8 Å². The number of aromatic nitrogens is 2. The van der Waals surface area contributed by atoms with Crippen LogP contribution in [-0.4, -0.2) is 9.97 Å². The van der Waals surface area contributed by atoms with Crippen molar-refractivity contribution >= 4 is 0 Å². The lowest BCUT2D eigenvalue weighted by atomic mass is 10.3. The van der Waals surface area contributed by atoms with Crippen LogP contribution in [0.2, 0.25) is 0 Å². The molecule has 0 atom stereocenters. The molecular weight excluding hydrogens is 188 g/mol. The van der Waals surface area contributed by atoms with Gasteiger partial charge in [-0.15, -0.1) is 0 Å². The SMILES string of the molecule is CC.c1ccc(Oc2ncccn2)cc1. The van der Waals surface area contributed by atoms with Crippen molar-refractivity contribution in [2.75, 3.05) is 0 Å². The Morgan fingerprint density at radius 1 is 0.867 bits per heavy atom. The average Bonchev–Trinajstić information content (AvgIpc) is 2.34. The van der Waals surface area contributed by atoms with Gasteiger partial charge >= 0.3 is 6.01 Å². The van der Waals surface area contributed by atoms with Gasteiger partial charge in [-0.05, 0) is 18.2 Å². The standard InChI is InChI=1S/C10H8N2O.C2H6/c1-2-5-9(6-3-1)13-10-11-7-4-8-12-10;1-2/h1-8H;1-2H3. The fourth-order valence-corrected chi connectivity index (χ4v) is 0.932. The molecule has 0 aliphatic rings. The van der Waals surface area contributed by atoms with E-state index in [0.29, 0.717) is 6.01 Å². The molecular formula is C12H14N2O. The summed E-state index contributed by atoms with van der Waals surface area (Å²) in [4.78, 5) is 7.88. The molecule has 0 saturated heterocycles. The van der Waals surface area contributed by atoms with Crippen LogP contribution in [0, 0.1) is 0 Å². The summed E-state index contributed by atoms with van der Waals surface area (Å²) in [6.07, 6.45) is 3.29. The molecule has 3 heteroatoms. The molecule has 78 valence electrons. The minimum absolute atomic E-state index is 0.369. The van der Waals surface area contributed by atoms with Crippen LogP contribution >= 0.6 is 0 Å². The van der Waals surface area contributed by atoms with E-state index in [0.717, 1.165) is 5.75 Å². The van der Waals surface area contributed by atoms with Crippen molar-refractivity contribution < 1.29 is 4.74 Å². The van der Waals surface area contributed by atoms with E-state index in [1.165, 1.54) is 0 Å². The predicted molar refractivity (Wildman–Crippen MR) is 59.9 cm³/mol. The Labute approximate surface area is 89.8 Å². The second-order valence-electron chi connectivity index (χ2n) is 2.45. The van der Waals surface area contributed by atoms with Crippen LogP contribution in [0.4, 0.5) is 0 Å². The van der Waals surface area contributed by atoms with Gasteiger partial charge in [0.2, 0.25) is 0 Å². The number of hydrogen-bond donors (Lipinski definition) is 0. The number of ether oxygens (including phenoxy) is 1. The summed E-state index contributed by atoms with van der Waals surface area (Å²) in [6, 6.07) is 11.6. The second-order valence-corrected chi connectivity index (χ2v) is 2.45. The molecule has 1 heterocycles. The molecule has 0 aliphatic carbocycles. The van der Waals surface area contributed by atoms with Gasteiger partial charge in [0.15, 0.2) is 0 Å². The Bertz CT molecular complexity index is 324. The van der Waals surface area contributed by atoms with Gasteiger partial charge in [-0.3, -0.25) is 0 Å². The van der Waals surface area contributed by atoms with E-state index >= 15 is 0 Å². The molecule has 0 radical (unpaired) electrons. The fraction of sp³-hybridized carbons (Fsp3) is 0.167. The average molecular weight is 202 g/mol. The fourth-order valence-electron chi connectivity index (χ4n) is 0.932. The molecule has 0 spiro atoms. The first-order valence-electron chi connectivity index (χ1n) is 4.95. The number of para-hydroxylation sites is 1. The zero-order valence-corrected chi connectivity index (χ0v) is 8.92. The zero-order valence-electron chi connectivity index (χ0n) is 8.92. The first-order chi connectivity index (χ1) is 7.45. The number of nitrogens with zero attached hydrogens (tertiary/aromatic N) is 2. The van der Waals surface area contributed by atoms with Crippen LogP contribution < -0.4 is 4.74 Å². The van der Waals surface area contributed by atoms with Crippen LogP contribution in [0.15, 0.2) is 48.8 Å². The molecule has 0 fully saturated rings. The van der Waals surface area contributed by atoms with Crippen LogP contribution in [-0.2, 0) is 0 Å². The smallest absolute Gasteiger partial charge is 0.321 e. The second kappa shape index (κ2) is 6.54. The maximum atomic E-state index is 5.36. The van der Waals surface area contributed by atoms with Gasteiger partial charge < -0.3 is 4.74 Å². The molecule has 1 aromatic carbocycles. The Hall–Kier alpha value is -1.90. The van der Waals surface area contributed by atoms with Gasteiger partial charge in [-0.1, -0.05) is 32.0 Å². The summed E-state index contributed by atoms with van der Waals surface area (Å²) in [7, 11) is 0. The molecule has 0 N–H and O–H groups in total. The molecule has 0 unspecified atom stereocenters. The Morgan fingerprint density at radius 2 is 1.47 bits per heavy atom. The molecule has 1 aromatic heterocycles. The van der Waals surface area contributed by atoms with Gasteiger partial charge in [0, 0.05) is 12.4 Å². The van der Waals surface area contributed by atoms with Gasteiger partial charge in [0.25, 0.3) is 0 Å². The summed E-state index contributed by atoms with van der Waals surface area (Å²) < 4.78 is 5.36. The number of benzene rings is 1. The van der Waals surface area contributed by atoms with E-state index in [2.05, 4.69) is 9.97 Å². The lowest BCUT2D eigenvalue weighted by Gasteiger charge is -2.00. The highest BCUT2D eigenvalue weighted by Crippen LogP contribution is 2.14. The molecule has 0 amide bonds. The van der Waals surface area contributed by atoms with Crippen LogP contribution in [0.25, 0.3) is 0 Å². The van der Waals surface area contributed by atoms with Gasteiger partial charge in [-0.25, -0.2) is 9.97 Å². The summed E-state index contributed by atoms with van der Waals surface area (Å²) in [5.74, 6) is 0.744. The predicted octanol–water partition coefficient (Wildman–Crippen LogP) is 3.30. The zero-order chi connectivity index (χ0) is 10.9. The van der Waals surface area contributed by atoms with E-state index in [-0.39, 0.29) is 0 Å². The van der Waals surface area contributed by atoms with Crippen molar-refractivity contribution in [1.82, 2.24) is 9.97 Å². The van der Waals surface area contributed by atoms with Crippen LogP contribution in [0.1, 0.15) is 13.8 Å². The van der Waals surface area contributed by atoms with Crippen LogP contribution in [0.3, 0.4) is 0 Å². The van der Waals surface area contributed by atoms with Gasteiger partial charge in [-0.2, -0.15) is 0 Å². The third-order valence-corrected chi connectivity index (χ3v) is 1.49. The van der Waals surface area contributed by atoms with E-state index in [1.807, 2.05) is 44.2 Å². The maximum Gasteiger partial charge on any atom is 0.321 e. The highest BCUT2D eigenvalue weighted by Gasteiger charge is 1.95. The Morgan fingerprint density at radius 3 is 2.07 bits per heavy atom. The Balaban J connectivity index is 0.000000531. The van der Waals surface area contributed by atoms with E-state index in [1.54, 1.807) is 18.5 Å². The van der Waals surface area contributed by atoms with Crippen molar-refractivity contribution in [1.29, 1.82) is 0 Å². The minimum atomic E-state index is 0.369. The molecule has 3 nitrogen and oxygen atoms in total. The van der Waals surface area contributed by atoms with Crippen molar-refractivity contribution in [2.24, 2.45) is 0 Å². The molecule has 0 saturated carbocycles. The van der Waals surface area contributed by atoms with Gasteiger partial charge in [0.1, 0.15) is 5.75 Å². The summed E-state index contributed by atoms with van der Waals surface area (Å²) in [6.45, 7) is 4.00. The molecule has 0 bridgehead atoms.